The van der Waals surface area contributed by atoms with E-state index in [4.69, 9.17) is 0 Å². The Kier molecular flexibility index (Phi) is 5.79. The van der Waals surface area contributed by atoms with Crippen LogP contribution in [0.1, 0.15) is 36.8 Å². The van der Waals surface area contributed by atoms with Crippen LogP contribution in [0.25, 0.3) is 10.8 Å². The van der Waals surface area contributed by atoms with Crippen LogP contribution >= 0.6 is 0 Å². The van der Waals surface area contributed by atoms with E-state index in [1.807, 2.05) is 12.1 Å². The summed E-state index contributed by atoms with van der Waals surface area (Å²) in [5.41, 5.74) is 1.18. The predicted octanol–water partition coefficient (Wildman–Crippen LogP) is 4.27. The molecule has 3 aromatic carbocycles. The Balaban J connectivity index is 1.41. The highest BCUT2D eigenvalue weighted by atomic mass is 19.1. The molecule has 154 valence electrons. The van der Waals surface area contributed by atoms with E-state index < -0.39 is 5.54 Å². The van der Waals surface area contributed by atoms with Gasteiger partial charge in [-0.15, -0.1) is 0 Å². The fourth-order valence-corrected chi connectivity index (χ4v) is 4.20. The fraction of sp³-hybridized carbons (Fsp3) is 0.280. The average molecular weight is 404 g/mol. The maximum absolute atomic E-state index is 13.7. The molecule has 1 saturated heterocycles. The van der Waals surface area contributed by atoms with Crippen molar-refractivity contribution in [2.24, 2.45) is 0 Å². The molecule has 1 atom stereocenters. The van der Waals surface area contributed by atoms with Gasteiger partial charge in [-0.05, 0) is 41.7 Å². The van der Waals surface area contributed by atoms with Crippen LogP contribution in [0.4, 0.5) is 4.39 Å². The van der Waals surface area contributed by atoms with Crippen LogP contribution in [-0.4, -0.2) is 17.4 Å². The molecule has 0 radical (unpaired) electrons. The summed E-state index contributed by atoms with van der Waals surface area (Å²) in [6.45, 7) is 0.162. The highest BCUT2D eigenvalue weighted by molar-refractivity contribution is 5.83. The highest BCUT2D eigenvalue weighted by Crippen LogP contribution is 2.30. The molecule has 2 N–H and O–H groups in total. The zero-order chi connectivity index (χ0) is 21.0. The molecule has 1 aliphatic heterocycles. The van der Waals surface area contributed by atoms with Gasteiger partial charge >= 0.3 is 0 Å². The van der Waals surface area contributed by atoms with Crippen LogP contribution in [-0.2, 0) is 22.6 Å². The van der Waals surface area contributed by atoms with Crippen LogP contribution in [0, 0.1) is 5.82 Å². The number of carbonyl (C=O) groups is 2. The molecule has 1 fully saturated rings. The molecule has 0 aliphatic carbocycles. The minimum absolute atomic E-state index is 0.0301. The van der Waals surface area contributed by atoms with Crippen molar-refractivity contribution in [1.82, 2.24) is 10.6 Å². The van der Waals surface area contributed by atoms with E-state index in [0.717, 1.165) is 10.9 Å². The average Bonchev–Trinajstić information content (AvgIpc) is 3.12. The summed E-state index contributed by atoms with van der Waals surface area (Å²) in [6, 6.07) is 20.9. The standard InChI is InChI=1S/C25H25FN2O2/c26-22-8-4-3-7-21(22)17-27-23(29)11-13-25(14-12-24(30)28-25)16-18-9-10-19-5-1-2-6-20(19)15-18/h1-10,15H,11-14,16-17H2,(H,27,29)(H,28,30)/t25-/m1/s1. The molecule has 0 saturated carbocycles. The third-order valence-corrected chi connectivity index (χ3v) is 5.86. The van der Waals surface area contributed by atoms with Gasteiger partial charge in [0.2, 0.25) is 11.8 Å². The van der Waals surface area contributed by atoms with Crippen molar-refractivity contribution in [2.75, 3.05) is 0 Å². The summed E-state index contributed by atoms with van der Waals surface area (Å²) in [6.07, 6.45) is 2.70. The topological polar surface area (TPSA) is 58.2 Å². The van der Waals surface area contributed by atoms with Gasteiger partial charge in [0.1, 0.15) is 5.82 Å². The molecule has 0 aromatic heterocycles. The van der Waals surface area contributed by atoms with Gasteiger partial charge in [0.25, 0.3) is 0 Å². The Morgan fingerprint density at radius 2 is 1.80 bits per heavy atom. The largest absolute Gasteiger partial charge is 0.352 e. The van der Waals surface area contributed by atoms with E-state index in [1.54, 1.807) is 18.2 Å². The lowest BCUT2D eigenvalue weighted by Gasteiger charge is -2.29. The van der Waals surface area contributed by atoms with Crippen molar-refractivity contribution < 1.29 is 14.0 Å². The molecule has 2 amide bonds. The van der Waals surface area contributed by atoms with Crippen molar-refractivity contribution in [1.29, 1.82) is 0 Å². The van der Waals surface area contributed by atoms with E-state index in [0.29, 0.717) is 31.2 Å². The number of benzene rings is 3. The molecule has 0 unspecified atom stereocenters. The van der Waals surface area contributed by atoms with Gasteiger partial charge in [-0.1, -0.05) is 60.7 Å². The van der Waals surface area contributed by atoms with Crippen molar-refractivity contribution in [3.8, 4) is 0 Å². The molecule has 5 heteroatoms. The number of hydrogen-bond donors (Lipinski definition) is 2. The predicted molar refractivity (Wildman–Crippen MR) is 115 cm³/mol. The fourth-order valence-electron chi connectivity index (χ4n) is 4.20. The van der Waals surface area contributed by atoms with E-state index in [2.05, 4.69) is 41.0 Å². The summed E-state index contributed by atoms with van der Waals surface area (Å²) in [7, 11) is 0. The number of rotatable bonds is 7. The first kappa shape index (κ1) is 20.1. The van der Waals surface area contributed by atoms with Gasteiger partial charge < -0.3 is 10.6 Å². The minimum Gasteiger partial charge on any atom is -0.352 e. The Hall–Kier alpha value is -3.21. The lowest BCUT2D eigenvalue weighted by molar-refractivity contribution is -0.122. The Morgan fingerprint density at radius 1 is 1.03 bits per heavy atom. The Bertz CT molecular complexity index is 1080. The van der Waals surface area contributed by atoms with E-state index in [9.17, 15) is 14.0 Å². The first-order valence-corrected chi connectivity index (χ1v) is 10.3. The van der Waals surface area contributed by atoms with Gasteiger partial charge in [-0.25, -0.2) is 4.39 Å². The molecule has 30 heavy (non-hydrogen) atoms. The highest BCUT2D eigenvalue weighted by Gasteiger charge is 2.37. The van der Waals surface area contributed by atoms with Gasteiger partial charge in [-0.2, -0.15) is 0 Å². The lowest BCUT2D eigenvalue weighted by Crippen LogP contribution is -2.44. The second kappa shape index (κ2) is 8.66. The van der Waals surface area contributed by atoms with Crippen LogP contribution in [0.5, 0.6) is 0 Å². The maximum Gasteiger partial charge on any atom is 0.220 e. The first-order valence-electron chi connectivity index (χ1n) is 10.3. The smallest absolute Gasteiger partial charge is 0.220 e. The van der Waals surface area contributed by atoms with Crippen LogP contribution < -0.4 is 10.6 Å². The van der Waals surface area contributed by atoms with Gasteiger partial charge in [-0.3, -0.25) is 9.59 Å². The third-order valence-electron chi connectivity index (χ3n) is 5.86. The van der Waals surface area contributed by atoms with E-state index >= 15 is 0 Å². The zero-order valence-electron chi connectivity index (χ0n) is 16.8. The van der Waals surface area contributed by atoms with Crippen LogP contribution in [0.15, 0.2) is 66.7 Å². The number of fused-ring (bicyclic) bond motifs is 1. The molecule has 1 heterocycles. The van der Waals surface area contributed by atoms with Gasteiger partial charge in [0.15, 0.2) is 0 Å². The molecule has 0 bridgehead atoms. The summed E-state index contributed by atoms with van der Waals surface area (Å²) < 4.78 is 13.7. The van der Waals surface area contributed by atoms with Crippen molar-refractivity contribution in [2.45, 2.75) is 44.2 Å². The van der Waals surface area contributed by atoms with E-state index in [1.165, 1.54) is 11.5 Å². The number of hydrogen-bond acceptors (Lipinski definition) is 2. The van der Waals surface area contributed by atoms with Crippen LogP contribution in [0.2, 0.25) is 0 Å². The van der Waals surface area contributed by atoms with Crippen LogP contribution in [0.3, 0.4) is 0 Å². The quantitative estimate of drug-likeness (QED) is 0.618. The zero-order valence-corrected chi connectivity index (χ0v) is 16.8. The minimum atomic E-state index is -0.422. The second-order valence-electron chi connectivity index (χ2n) is 8.05. The summed E-state index contributed by atoms with van der Waals surface area (Å²) in [5, 5.41) is 8.25. The summed E-state index contributed by atoms with van der Waals surface area (Å²) >= 11 is 0. The number of halogens is 1. The molecule has 0 spiro atoms. The van der Waals surface area contributed by atoms with Gasteiger partial charge in [0.05, 0.1) is 0 Å². The molecule has 4 rings (SSSR count). The normalized spacial score (nSPS) is 18.4. The molecular formula is C25H25FN2O2. The summed E-state index contributed by atoms with van der Waals surface area (Å²) in [4.78, 5) is 24.4. The van der Waals surface area contributed by atoms with Crippen molar-refractivity contribution in [3.05, 3.63) is 83.7 Å². The summed E-state index contributed by atoms with van der Waals surface area (Å²) in [5.74, 6) is -0.437. The SMILES string of the molecule is O=C(CC[C@]1(Cc2ccc3ccccc3c2)CCC(=O)N1)NCc1ccccc1F. The van der Waals surface area contributed by atoms with E-state index in [-0.39, 0.29) is 30.6 Å². The Morgan fingerprint density at radius 3 is 2.57 bits per heavy atom. The molecule has 1 aliphatic rings. The van der Waals surface area contributed by atoms with Crippen molar-refractivity contribution in [3.63, 3.8) is 0 Å². The monoisotopic (exact) mass is 404 g/mol. The third kappa shape index (κ3) is 4.67. The molecule has 3 aromatic rings. The molecular weight excluding hydrogens is 379 g/mol. The molecule has 4 nitrogen and oxygen atoms in total. The number of carbonyl (C=O) groups excluding carboxylic acids is 2. The maximum atomic E-state index is 13.7. The second-order valence-corrected chi connectivity index (χ2v) is 8.05. The number of amides is 2. The lowest BCUT2D eigenvalue weighted by atomic mass is 9.84. The first-order chi connectivity index (χ1) is 14.5. The Labute approximate surface area is 175 Å². The van der Waals surface area contributed by atoms with Crippen molar-refractivity contribution >= 4 is 22.6 Å². The van der Waals surface area contributed by atoms with Gasteiger partial charge in [0, 0.05) is 30.5 Å². The number of nitrogens with one attached hydrogen (secondary N) is 2.